The van der Waals surface area contributed by atoms with E-state index in [9.17, 15) is 4.79 Å². The van der Waals surface area contributed by atoms with Gasteiger partial charge in [0.05, 0.1) is 36.5 Å². The zero-order valence-electron chi connectivity index (χ0n) is 14.8. The Morgan fingerprint density at radius 1 is 1.23 bits per heavy atom. The van der Waals surface area contributed by atoms with E-state index in [-0.39, 0.29) is 11.9 Å². The average molecular weight is 348 g/mol. The number of amides is 1. The van der Waals surface area contributed by atoms with Crippen molar-refractivity contribution < 1.29 is 14.3 Å². The van der Waals surface area contributed by atoms with E-state index in [2.05, 4.69) is 10.3 Å². The van der Waals surface area contributed by atoms with Crippen LogP contribution in [0.15, 0.2) is 48.5 Å². The van der Waals surface area contributed by atoms with E-state index in [1.807, 2.05) is 55.5 Å². The summed E-state index contributed by atoms with van der Waals surface area (Å²) in [4.78, 5) is 17.5. The van der Waals surface area contributed by atoms with Gasteiger partial charge in [0.1, 0.15) is 11.5 Å². The Bertz CT molecular complexity index is 984. The fraction of sp³-hybridized carbons (Fsp3) is 0.238. The molecule has 0 radical (unpaired) electrons. The molecule has 0 spiro atoms. The molecule has 4 rings (SSSR count). The number of nitrogens with one attached hydrogen (secondary N) is 1. The highest BCUT2D eigenvalue weighted by Crippen LogP contribution is 2.32. The van der Waals surface area contributed by atoms with E-state index in [4.69, 9.17) is 9.47 Å². The summed E-state index contributed by atoms with van der Waals surface area (Å²) in [5.74, 6) is 1.47. The molecule has 1 aromatic heterocycles. The molecule has 1 aliphatic rings. The van der Waals surface area contributed by atoms with E-state index in [1.54, 1.807) is 7.11 Å². The fourth-order valence-electron chi connectivity index (χ4n) is 3.33. The predicted octanol–water partition coefficient (Wildman–Crippen LogP) is 3.81. The number of benzene rings is 2. The molecule has 2 aromatic carbocycles. The van der Waals surface area contributed by atoms with Gasteiger partial charge >= 0.3 is 0 Å². The molecular weight excluding hydrogens is 328 g/mol. The van der Waals surface area contributed by atoms with Gasteiger partial charge < -0.3 is 14.8 Å². The first-order valence-corrected chi connectivity index (χ1v) is 8.63. The minimum absolute atomic E-state index is 0.0570. The molecule has 0 aliphatic carbocycles. The van der Waals surface area contributed by atoms with Crippen LogP contribution in [0.4, 0.5) is 0 Å². The molecule has 3 aromatic rings. The highest BCUT2D eigenvalue weighted by Gasteiger charge is 2.24. The number of aryl methyl sites for hydroxylation is 1. The molecule has 26 heavy (non-hydrogen) atoms. The van der Waals surface area contributed by atoms with Gasteiger partial charge in [0.25, 0.3) is 5.91 Å². The van der Waals surface area contributed by atoms with Gasteiger partial charge in [-0.3, -0.25) is 9.78 Å². The number of pyridine rings is 1. The van der Waals surface area contributed by atoms with Crippen LogP contribution < -0.4 is 14.8 Å². The summed E-state index contributed by atoms with van der Waals surface area (Å²) in [7, 11) is 1.63. The van der Waals surface area contributed by atoms with Crippen molar-refractivity contribution in [3.05, 3.63) is 65.4 Å². The maximum absolute atomic E-state index is 12.9. The number of carbonyl (C=O) groups is 1. The molecule has 2 heterocycles. The number of rotatable bonds is 3. The summed E-state index contributed by atoms with van der Waals surface area (Å²) < 4.78 is 10.9. The van der Waals surface area contributed by atoms with Crippen molar-refractivity contribution in [2.45, 2.75) is 19.4 Å². The number of methoxy groups -OCH3 is 1. The van der Waals surface area contributed by atoms with Gasteiger partial charge in [0, 0.05) is 23.4 Å². The van der Waals surface area contributed by atoms with Crippen LogP contribution in [0.1, 0.15) is 34.1 Å². The fourth-order valence-corrected chi connectivity index (χ4v) is 3.33. The van der Waals surface area contributed by atoms with Gasteiger partial charge in [-0.05, 0) is 31.2 Å². The van der Waals surface area contributed by atoms with Crippen molar-refractivity contribution in [3.8, 4) is 11.5 Å². The summed E-state index contributed by atoms with van der Waals surface area (Å²) in [6, 6.07) is 15.3. The molecule has 0 fully saturated rings. The lowest BCUT2D eigenvalue weighted by Gasteiger charge is -2.26. The number of hydrogen-bond donors (Lipinski definition) is 1. The summed E-state index contributed by atoms with van der Waals surface area (Å²) in [5, 5.41) is 4.05. The molecule has 1 N–H and O–H groups in total. The lowest BCUT2D eigenvalue weighted by molar-refractivity contribution is 0.0924. The second-order valence-corrected chi connectivity index (χ2v) is 6.38. The molecular formula is C21H20N2O3. The Morgan fingerprint density at radius 2 is 2.08 bits per heavy atom. The second-order valence-electron chi connectivity index (χ2n) is 6.38. The molecule has 1 aliphatic heterocycles. The maximum atomic E-state index is 12.9. The van der Waals surface area contributed by atoms with E-state index in [0.717, 1.165) is 34.4 Å². The van der Waals surface area contributed by atoms with E-state index >= 15 is 0 Å². The quantitative estimate of drug-likeness (QED) is 0.782. The zero-order chi connectivity index (χ0) is 18.1. The van der Waals surface area contributed by atoms with Gasteiger partial charge in [-0.25, -0.2) is 0 Å². The van der Waals surface area contributed by atoms with Gasteiger partial charge in [-0.15, -0.1) is 0 Å². The molecule has 132 valence electrons. The Hall–Kier alpha value is -3.08. The second kappa shape index (κ2) is 6.67. The lowest BCUT2D eigenvalue weighted by atomic mass is 10.00. The molecule has 1 atom stereocenters. The lowest BCUT2D eigenvalue weighted by Crippen LogP contribution is -2.32. The highest BCUT2D eigenvalue weighted by molar-refractivity contribution is 5.99. The minimum atomic E-state index is -0.116. The zero-order valence-corrected chi connectivity index (χ0v) is 14.8. The molecule has 5 nitrogen and oxygen atoms in total. The summed E-state index contributed by atoms with van der Waals surface area (Å²) in [5.41, 5.74) is 3.12. The number of fused-ring (bicyclic) bond motifs is 2. The summed E-state index contributed by atoms with van der Waals surface area (Å²) >= 11 is 0. The van der Waals surface area contributed by atoms with Crippen LogP contribution in [0.5, 0.6) is 11.5 Å². The molecule has 0 saturated heterocycles. The number of carbonyl (C=O) groups excluding carboxylic acids is 1. The van der Waals surface area contributed by atoms with Crippen molar-refractivity contribution in [1.82, 2.24) is 10.3 Å². The number of aromatic nitrogens is 1. The van der Waals surface area contributed by atoms with Gasteiger partial charge in [-0.2, -0.15) is 0 Å². The smallest absolute Gasteiger partial charge is 0.253 e. The summed E-state index contributed by atoms with van der Waals surface area (Å²) in [6.45, 7) is 2.45. The molecule has 0 bridgehead atoms. The van der Waals surface area contributed by atoms with E-state index in [1.165, 1.54) is 0 Å². The van der Waals surface area contributed by atoms with E-state index in [0.29, 0.717) is 17.9 Å². The number of para-hydroxylation sites is 1. The van der Waals surface area contributed by atoms with E-state index < -0.39 is 0 Å². The Balaban J connectivity index is 1.64. The third-order valence-electron chi connectivity index (χ3n) is 4.72. The highest BCUT2D eigenvalue weighted by atomic mass is 16.5. The van der Waals surface area contributed by atoms with Crippen molar-refractivity contribution >= 4 is 16.8 Å². The SMILES string of the molecule is COc1ccc2cc(C(=O)NC3CCOc4ccccc43)c(C)nc2c1. The monoisotopic (exact) mass is 348 g/mol. The molecule has 0 saturated carbocycles. The van der Waals surface area contributed by atoms with Crippen LogP contribution in [0.3, 0.4) is 0 Å². The maximum Gasteiger partial charge on any atom is 0.253 e. The molecule has 1 unspecified atom stereocenters. The molecule has 1 amide bonds. The first-order valence-electron chi connectivity index (χ1n) is 8.63. The third-order valence-corrected chi connectivity index (χ3v) is 4.72. The van der Waals surface area contributed by atoms with Gasteiger partial charge in [0.15, 0.2) is 0 Å². The van der Waals surface area contributed by atoms with Crippen LogP contribution >= 0.6 is 0 Å². The summed E-state index contributed by atoms with van der Waals surface area (Å²) in [6.07, 6.45) is 0.750. The predicted molar refractivity (Wildman–Crippen MR) is 99.8 cm³/mol. The average Bonchev–Trinajstić information content (AvgIpc) is 2.67. The molecule has 5 heteroatoms. The first-order chi connectivity index (χ1) is 12.7. The van der Waals surface area contributed by atoms with Gasteiger partial charge in [-0.1, -0.05) is 18.2 Å². The van der Waals surface area contributed by atoms with Gasteiger partial charge in [0.2, 0.25) is 0 Å². The Morgan fingerprint density at radius 3 is 2.92 bits per heavy atom. The van der Waals surface area contributed by atoms with Crippen LogP contribution in [0.25, 0.3) is 10.9 Å². The van der Waals surface area contributed by atoms with Crippen molar-refractivity contribution in [2.24, 2.45) is 0 Å². The number of nitrogens with zero attached hydrogens (tertiary/aromatic N) is 1. The van der Waals surface area contributed by atoms with Crippen LogP contribution in [0, 0.1) is 6.92 Å². The minimum Gasteiger partial charge on any atom is -0.497 e. The standard InChI is InChI=1S/C21H20N2O3/c1-13-17(11-14-7-8-15(25-2)12-19(14)22-13)21(24)23-18-9-10-26-20-6-4-3-5-16(18)20/h3-8,11-12,18H,9-10H2,1-2H3,(H,23,24). The van der Waals surface area contributed by atoms with Crippen LogP contribution in [0.2, 0.25) is 0 Å². The first kappa shape index (κ1) is 16.4. The number of ether oxygens (including phenoxy) is 2. The Kier molecular flexibility index (Phi) is 4.21. The normalized spacial score (nSPS) is 15.8. The Labute approximate surface area is 152 Å². The largest absolute Gasteiger partial charge is 0.497 e. The third kappa shape index (κ3) is 2.96. The van der Waals surface area contributed by atoms with Crippen LogP contribution in [-0.4, -0.2) is 24.6 Å². The van der Waals surface area contributed by atoms with Crippen molar-refractivity contribution in [2.75, 3.05) is 13.7 Å². The van der Waals surface area contributed by atoms with Crippen molar-refractivity contribution in [1.29, 1.82) is 0 Å². The topological polar surface area (TPSA) is 60.5 Å². The van der Waals surface area contributed by atoms with Crippen LogP contribution in [-0.2, 0) is 0 Å². The van der Waals surface area contributed by atoms with Crippen molar-refractivity contribution in [3.63, 3.8) is 0 Å². The number of hydrogen-bond acceptors (Lipinski definition) is 4.